The van der Waals surface area contributed by atoms with Crippen molar-refractivity contribution in [2.75, 3.05) is 18.9 Å². The van der Waals surface area contributed by atoms with E-state index in [4.69, 9.17) is 18.0 Å². The molecule has 0 spiro atoms. The number of hydrogen-bond acceptors (Lipinski definition) is 3. The molecule has 0 radical (unpaired) electrons. The molecule has 5 heteroatoms. The fourth-order valence-corrected chi connectivity index (χ4v) is 1.55. The van der Waals surface area contributed by atoms with Gasteiger partial charge in [0.2, 0.25) is 5.91 Å². The molecule has 1 rings (SSSR count). The quantitative estimate of drug-likeness (QED) is 0.677. The highest BCUT2D eigenvalue weighted by atomic mass is 32.1. The van der Waals surface area contributed by atoms with Crippen LogP contribution in [0.5, 0.6) is 0 Å². The molecule has 0 fully saturated rings. The number of hydrogen-bond donors (Lipinski definition) is 3. The van der Waals surface area contributed by atoms with Crippen LogP contribution in [-0.4, -0.2) is 24.5 Å². The number of aryl methyl sites for hydroxylation is 1. The molecule has 0 aliphatic carbocycles. The van der Waals surface area contributed by atoms with Crippen LogP contribution >= 0.6 is 12.2 Å². The van der Waals surface area contributed by atoms with Crippen LogP contribution < -0.4 is 16.4 Å². The number of likely N-dealkylation sites (N-methyl/N-ethyl adjacent to an activating group) is 1. The SMILES string of the molecule is CNC(=O)CNc1ccc(C(N)=S)c(C)c1. The Morgan fingerprint density at radius 1 is 1.50 bits per heavy atom. The second-order valence-corrected chi connectivity index (χ2v) is 3.86. The minimum atomic E-state index is -0.0592. The van der Waals surface area contributed by atoms with Crippen LogP contribution in [-0.2, 0) is 4.79 Å². The van der Waals surface area contributed by atoms with Gasteiger partial charge in [-0.15, -0.1) is 0 Å². The fourth-order valence-electron chi connectivity index (χ4n) is 1.32. The van der Waals surface area contributed by atoms with Gasteiger partial charge < -0.3 is 16.4 Å². The summed E-state index contributed by atoms with van der Waals surface area (Å²) in [5, 5.41) is 5.54. The first-order valence-electron chi connectivity index (χ1n) is 4.89. The van der Waals surface area contributed by atoms with E-state index in [0.717, 1.165) is 16.8 Å². The highest BCUT2D eigenvalue weighted by Gasteiger charge is 2.03. The standard InChI is InChI=1S/C11H15N3OS/c1-7-5-8(14-6-10(15)13-2)3-4-9(7)11(12)16/h3-5,14H,6H2,1-2H3,(H2,12,16)(H,13,15). The largest absolute Gasteiger partial charge is 0.389 e. The Morgan fingerprint density at radius 3 is 2.69 bits per heavy atom. The molecule has 0 saturated carbocycles. The molecule has 0 aromatic heterocycles. The van der Waals surface area contributed by atoms with E-state index in [1.54, 1.807) is 7.05 Å². The molecule has 0 unspecified atom stereocenters. The Labute approximate surface area is 100 Å². The molecular formula is C11H15N3OS. The third-order valence-electron chi connectivity index (χ3n) is 2.22. The maximum absolute atomic E-state index is 11.0. The number of anilines is 1. The molecule has 1 amide bonds. The monoisotopic (exact) mass is 237 g/mol. The lowest BCUT2D eigenvalue weighted by Gasteiger charge is -2.09. The summed E-state index contributed by atoms with van der Waals surface area (Å²) in [5.74, 6) is -0.0592. The summed E-state index contributed by atoms with van der Waals surface area (Å²) in [7, 11) is 1.60. The van der Waals surface area contributed by atoms with Crippen LogP contribution in [0.25, 0.3) is 0 Å². The summed E-state index contributed by atoms with van der Waals surface area (Å²) >= 11 is 4.91. The summed E-state index contributed by atoms with van der Waals surface area (Å²) in [6, 6.07) is 5.62. The maximum atomic E-state index is 11.0. The Bertz CT molecular complexity index is 418. The maximum Gasteiger partial charge on any atom is 0.239 e. The van der Waals surface area contributed by atoms with E-state index in [1.165, 1.54) is 0 Å². The molecular weight excluding hydrogens is 222 g/mol. The van der Waals surface area contributed by atoms with Crippen molar-refractivity contribution in [3.8, 4) is 0 Å². The Hall–Kier alpha value is -1.62. The number of rotatable bonds is 4. The van der Waals surface area contributed by atoms with Crippen LogP contribution in [0.1, 0.15) is 11.1 Å². The average molecular weight is 237 g/mol. The minimum absolute atomic E-state index is 0.0592. The molecule has 0 heterocycles. The molecule has 0 atom stereocenters. The number of amides is 1. The van der Waals surface area contributed by atoms with Crippen LogP contribution in [0.4, 0.5) is 5.69 Å². The van der Waals surface area contributed by atoms with Gasteiger partial charge in [0.05, 0.1) is 6.54 Å². The van der Waals surface area contributed by atoms with E-state index >= 15 is 0 Å². The first kappa shape index (κ1) is 12.4. The van der Waals surface area contributed by atoms with Crippen LogP contribution in [0.2, 0.25) is 0 Å². The fraction of sp³-hybridized carbons (Fsp3) is 0.273. The Balaban J connectivity index is 2.74. The van der Waals surface area contributed by atoms with Crippen molar-refractivity contribution >= 4 is 28.8 Å². The minimum Gasteiger partial charge on any atom is -0.389 e. The first-order valence-corrected chi connectivity index (χ1v) is 5.30. The predicted octanol–water partition coefficient (Wildman–Crippen LogP) is 0.787. The van der Waals surface area contributed by atoms with Crippen molar-refractivity contribution in [2.45, 2.75) is 6.92 Å². The van der Waals surface area contributed by atoms with Crippen molar-refractivity contribution in [1.82, 2.24) is 5.32 Å². The summed E-state index contributed by atoms with van der Waals surface area (Å²) < 4.78 is 0. The van der Waals surface area contributed by atoms with Crippen molar-refractivity contribution < 1.29 is 4.79 Å². The normalized spacial score (nSPS) is 9.62. The summed E-state index contributed by atoms with van der Waals surface area (Å²) in [6.07, 6.45) is 0. The zero-order valence-electron chi connectivity index (χ0n) is 9.33. The van der Waals surface area contributed by atoms with Gasteiger partial charge in [-0.1, -0.05) is 12.2 Å². The van der Waals surface area contributed by atoms with Gasteiger partial charge in [0.15, 0.2) is 0 Å². The van der Waals surface area contributed by atoms with Gasteiger partial charge in [-0.2, -0.15) is 0 Å². The van der Waals surface area contributed by atoms with Gasteiger partial charge in [0, 0.05) is 18.3 Å². The van der Waals surface area contributed by atoms with E-state index in [9.17, 15) is 4.79 Å². The number of carbonyl (C=O) groups is 1. The molecule has 86 valence electrons. The number of benzene rings is 1. The number of carbonyl (C=O) groups excluding carboxylic acids is 1. The van der Waals surface area contributed by atoms with Crippen molar-refractivity contribution in [2.24, 2.45) is 5.73 Å². The summed E-state index contributed by atoms with van der Waals surface area (Å²) in [5.41, 5.74) is 8.29. The van der Waals surface area contributed by atoms with E-state index in [-0.39, 0.29) is 12.5 Å². The molecule has 0 aliphatic heterocycles. The molecule has 4 nitrogen and oxygen atoms in total. The van der Waals surface area contributed by atoms with E-state index < -0.39 is 0 Å². The van der Waals surface area contributed by atoms with Crippen LogP contribution in [0, 0.1) is 6.92 Å². The third-order valence-corrected chi connectivity index (χ3v) is 2.44. The molecule has 0 aliphatic rings. The zero-order chi connectivity index (χ0) is 12.1. The van der Waals surface area contributed by atoms with Gasteiger partial charge in [0.1, 0.15) is 4.99 Å². The molecule has 4 N–H and O–H groups in total. The predicted molar refractivity (Wildman–Crippen MR) is 69.6 cm³/mol. The second kappa shape index (κ2) is 5.46. The molecule has 1 aromatic rings. The van der Waals surface area contributed by atoms with Gasteiger partial charge in [-0.3, -0.25) is 4.79 Å². The number of nitrogens with two attached hydrogens (primary N) is 1. The van der Waals surface area contributed by atoms with Gasteiger partial charge in [0.25, 0.3) is 0 Å². The van der Waals surface area contributed by atoms with Crippen molar-refractivity contribution in [1.29, 1.82) is 0 Å². The van der Waals surface area contributed by atoms with Gasteiger partial charge >= 0.3 is 0 Å². The van der Waals surface area contributed by atoms with E-state index in [0.29, 0.717) is 4.99 Å². The van der Waals surface area contributed by atoms with Crippen LogP contribution in [0.15, 0.2) is 18.2 Å². The van der Waals surface area contributed by atoms with E-state index in [1.807, 2.05) is 25.1 Å². The molecule has 0 saturated heterocycles. The Kier molecular flexibility index (Phi) is 4.25. The lowest BCUT2D eigenvalue weighted by atomic mass is 10.1. The van der Waals surface area contributed by atoms with Crippen molar-refractivity contribution in [3.05, 3.63) is 29.3 Å². The molecule has 1 aromatic carbocycles. The summed E-state index contributed by atoms with van der Waals surface area (Å²) in [4.78, 5) is 11.4. The first-order chi connectivity index (χ1) is 7.54. The highest BCUT2D eigenvalue weighted by molar-refractivity contribution is 7.80. The lowest BCUT2D eigenvalue weighted by Crippen LogP contribution is -2.26. The van der Waals surface area contributed by atoms with E-state index in [2.05, 4.69) is 10.6 Å². The highest BCUT2D eigenvalue weighted by Crippen LogP contribution is 2.14. The lowest BCUT2D eigenvalue weighted by molar-refractivity contribution is -0.118. The number of nitrogens with one attached hydrogen (secondary N) is 2. The van der Waals surface area contributed by atoms with Gasteiger partial charge in [-0.05, 0) is 30.7 Å². The van der Waals surface area contributed by atoms with Gasteiger partial charge in [-0.25, -0.2) is 0 Å². The van der Waals surface area contributed by atoms with Crippen LogP contribution in [0.3, 0.4) is 0 Å². The van der Waals surface area contributed by atoms with Crippen molar-refractivity contribution in [3.63, 3.8) is 0 Å². The zero-order valence-corrected chi connectivity index (χ0v) is 10.1. The second-order valence-electron chi connectivity index (χ2n) is 3.42. The number of thiocarbonyl (C=S) groups is 1. The smallest absolute Gasteiger partial charge is 0.239 e. The third kappa shape index (κ3) is 3.20. The summed E-state index contributed by atoms with van der Waals surface area (Å²) in [6.45, 7) is 2.18. The Morgan fingerprint density at radius 2 is 2.19 bits per heavy atom. The average Bonchev–Trinajstić information content (AvgIpc) is 2.25. The molecule has 16 heavy (non-hydrogen) atoms. The topological polar surface area (TPSA) is 67.2 Å². The molecule has 0 bridgehead atoms.